The van der Waals surface area contributed by atoms with Crippen LogP contribution in [0.25, 0.3) is 0 Å². The summed E-state index contributed by atoms with van der Waals surface area (Å²) in [4.78, 5) is 26.1. The lowest BCUT2D eigenvalue weighted by atomic mass is 10.0. The molecule has 0 aliphatic carbocycles. The number of hydrogen-bond acceptors (Lipinski definition) is 2. The third kappa shape index (κ3) is 3.32. The Balaban J connectivity index is 1.87. The average molecular weight is 322 g/mol. The van der Waals surface area contributed by atoms with Crippen LogP contribution in [0.15, 0.2) is 36.4 Å². The summed E-state index contributed by atoms with van der Waals surface area (Å²) in [5.41, 5.74) is 5.55. The standard InChI is InChI=1S/C20H22N2O2/c1-13-9-14(2)11-17(10-13)20(24)21-18-7-6-16-5-4-8-22(15(3)23)19(16)12-18/h6-7,9-12H,4-5,8H2,1-3H3,(H,21,24). The molecule has 1 aliphatic rings. The molecule has 0 aromatic heterocycles. The van der Waals surface area contributed by atoms with Gasteiger partial charge in [0, 0.05) is 30.4 Å². The third-order valence-electron chi connectivity index (χ3n) is 4.33. The summed E-state index contributed by atoms with van der Waals surface area (Å²) < 4.78 is 0. The maximum absolute atomic E-state index is 12.5. The Labute approximate surface area is 142 Å². The van der Waals surface area contributed by atoms with Gasteiger partial charge in [-0.2, -0.15) is 0 Å². The molecule has 1 heterocycles. The minimum atomic E-state index is -0.132. The van der Waals surface area contributed by atoms with Crippen molar-refractivity contribution in [3.63, 3.8) is 0 Å². The lowest BCUT2D eigenvalue weighted by Crippen LogP contribution is -2.33. The number of nitrogens with zero attached hydrogens (tertiary/aromatic N) is 1. The molecule has 0 radical (unpaired) electrons. The van der Waals surface area contributed by atoms with Crippen molar-refractivity contribution in [1.29, 1.82) is 0 Å². The lowest BCUT2D eigenvalue weighted by molar-refractivity contribution is -0.116. The van der Waals surface area contributed by atoms with Gasteiger partial charge in [0.15, 0.2) is 0 Å². The highest BCUT2D eigenvalue weighted by atomic mass is 16.2. The fourth-order valence-corrected chi connectivity index (χ4v) is 3.29. The number of amides is 2. The second kappa shape index (κ2) is 6.48. The molecule has 0 atom stereocenters. The van der Waals surface area contributed by atoms with Gasteiger partial charge in [-0.3, -0.25) is 9.59 Å². The van der Waals surface area contributed by atoms with Crippen LogP contribution >= 0.6 is 0 Å². The zero-order chi connectivity index (χ0) is 17.3. The number of nitrogens with one attached hydrogen (secondary N) is 1. The van der Waals surface area contributed by atoms with Gasteiger partial charge in [0.2, 0.25) is 5.91 Å². The SMILES string of the molecule is CC(=O)N1CCCc2ccc(NC(=O)c3cc(C)cc(C)c3)cc21. The molecule has 0 bridgehead atoms. The number of fused-ring (bicyclic) bond motifs is 1. The van der Waals surface area contributed by atoms with Crippen LogP contribution in [-0.2, 0) is 11.2 Å². The van der Waals surface area contributed by atoms with Crippen molar-refractivity contribution in [2.45, 2.75) is 33.6 Å². The van der Waals surface area contributed by atoms with E-state index in [1.54, 1.807) is 11.8 Å². The molecule has 0 unspecified atom stereocenters. The van der Waals surface area contributed by atoms with Gasteiger partial charge >= 0.3 is 0 Å². The topological polar surface area (TPSA) is 49.4 Å². The highest BCUT2D eigenvalue weighted by Gasteiger charge is 2.20. The van der Waals surface area contributed by atoms with Crippen molar-refractivity contribution in [2.75, 3.05) is 16.8 Å². The van der Waals surface area contributed by atoms with Gasteiger partial charge in [-0.15, -0.1) is 0 Å². The number of benzene rings is 2. The van der Waals surface area contributed by atoms with E-state index < -0.39 is 0 Å². The van der Waals surface area contributed by atoms with E-state index >= 15 is 0 Å². The molecule has 4 heteroatoms. The summed E-state index contributed by atoms with van der Waals surface area (Å²) in [6.07, 6.45) is 1.94. The van der Waals surface area contributed by atoms with Crippen LogP contribution in [0.1, 0.15) is 40.4 Å². The van der Waals surface area contributed by atoms with Gasteiger partial charge in [-0.1, -0.05) is 23.3 Å². The van der Waals surface area contributed by atoms with Crippen molar-refractivity contribution in [2.24, 2.45) is 0 Å². The Morgan fingerprint density at radius 3 is 2.42 bits per heavy atom. The van der Waals surface area contributed by atoms with Crippen LogP contribution in [0, 0.1) is 13.8 Å². The number of rotatable bonds is 2. The van der Waals surface area contributed by atoms with E-state index in [1.807, 2.05) is 50.2 Å². The van der Waals surface area contributed by atoms with Crippen molar-refractivity contribution < 1.29 is 9.59 Å². The summed E-state index contributed by atoms with van der Waals surface area (Å²) in [6, 6.07) is 11.6. The van der Waals surface area contributed by atoms with Gasteiger partial charge in [0.25, 0.3) is 5.91 Å². The molecule has 2 amide bonds. The Bertz CT molecular complexity index is 791. The highest BCUT2D eigenvalue weighted by molar-refractivity contribution is 6.05. The van der Waals surface area contributed by atoms with E-state index in [1.165, 1.54) is 0 Å². The summed E-state index contributed by atoms with van der Waals surface area (Å²) >= 11 is 0. The monoisotopic (exact) mass is 322 g/mol. The van der Waals surface area contributed by atoms with E-state index in [0.29, 0.717) is 11.3 Å². The number of carbonyl (C=O) groups excluding carboxylic acids is 2. The molecule has 3 rings (SSSR count). The number of aryl methyl sites for hydroxylation is 3. The van der Waals surface area contributed by atoms with Crippen LogP contribution in [0.3, 0.4) is 0 Å². The number of anilines is 2. The quantitative estimate of drug-likeness (QED) is 0.913. The average Bonchev–Trinajstić information content (AvgIpc) is 2.53. The first-order chi connectivity index (χ1) is 11.4. The minimum Gasteiger partial charge on any atom is -0.322 e. The van der Waals surface area contributed by atoms with Crippen molar-refractivity contribution in [3.05, 3.63) is 58.7 Å². The molecule has 2 aromatic rings. The second-order valence-electron chi connectivity index (χ2n) is 6.45. The first-order valence-electron chi connectivity index (χ1n) is 8.25. The lowest BCUT2D eigenvalue weighted by Gasteiger charge is -2.29. The Morgan fingerprint density at radius 2 is 1.75 bits per heavy atom. The van der Waals surface area contributed by atoms with Gasteiger partial charge in [0.05, 0.1) is 0 Å². The van der Waals surface area contributed by atoms with Gasteiger partial charge in [-0.05, 0) is 56.5 Å². The molecule has 124 valence electrons. The van der Waals surface area contributed by atoms with Crippen LogP contribution in [0.4, 0.5) is 11.4 Å². The molecule has 0 spiro atoms. The molecule has 24 heavy (non-hydrogen) atoms. The molecular weight excluding hydrogens is 300 g/mol. The van der Waals surface area contributed by atoms with Crippen LogP contribution < -0.4 is 10.2 Å². The van der Waals surface area contributed by atoms with E-state index in [-0.39, 0.29) is 11.8 Å². The molecule has 0 saturated heterocycles. The molecule has 1 N–H and O–H groups in total. The zero-order valence-corrected chi connectivity index (χ0v) is 14.3. The van der Waals surface area contributed by atoms with Crippen molar-refractivity contribution in [3.8, 4) is 0 Å². The van der Waals surface area contributed by atoms with Gasteiger partial charge in [-0.25, -0.2) is 0 Å². The van der Waals surface area contributed by atoms with Crippen LogP contribution in [-0.4, -0.2) is 18.4 Å². The van der Waals surface area contributed by atoms with Gasteiger partial charge in [0.1, 0.15) is 0 Å². The Kier molecular flexibility index (Phi) is 4.38. The largest absolute Gasteiger partial charge is 0.322 e. The predicted octanol–water partition coefficient (Wildman–Crippen LogP) is 3.85. The van der Waals surface area contributed by atoms with E-state index in [2.05, 4.69) is 5.32 Å². The molecule has 0 saturated carbocycles. The summed E-state index contributed by atoms with van der Waals surface area (Å²) in [5, 5.41) is 2.95. The Morgan fingerprint density at radius 1 is 1.04 bits per heavy atom. The first-order valence-corrected chi connectivity index (χ1v) is 8.25. The van der Waals surface area contributed by atoms with Crippen molar-refractivity contribution in [1.82, 2.24) is 0 Å². The normalized spacial score (nSPS) is 13.4. The van der Waals surface area contributed by atoms with Gasteiger partial charge < -0.3 is 10.2 Å². The molecule has 2 aromatic carbocycles. The smallest absolute Gasteiger partial charge is 0.255 e. The second-order valence-corrected chi connectivity index (χ2v) is 6.45. The highest BCUT2D eigenvalue weighted by Crippen LogP contribution is 2.30. The fraction of sp³-hybridized carbons (Fsp3) is 0.300. The predicted molar refractivity (Wildman–Crippen MR) is 96.7 cm³/mol. The molecule has 1 aliphatic heterocycles. The summed E-state index contributed by atoms with van der Waals surface area (Å²) in [6.45, 7) is 6.27. The molecular formula is C20H22N2O2. The maximum Gasteiger partial charge on any atom is 0.255 e. The van der Waals surface area contributed by atoms with Crippen molar-refractivity contribution >= 4 is 23.2 Å². The maximum atomic E-state index is 12.5. The van der Waals surface area contributed by atoms with E-state index in [9.17, 15) is 9.59 Å². The van der Waals surface area contributed by atoms with E-state index in [0.717, 1.165) is 41.8 Å². The fourth-order valence-electron chi connectivity index (χ4n) is 3.29. The van der Waals surface area contributed by atoms with Crippen LogP contribution in [0.2, 0.25) is 0 Å². The molecule has 4 nitrogen and oxygen atoms in total. The first kappa shape index (κ1) is 16.2. The van der Waals surface area contributed by atoms with E-state index in [4.69, 9.17) is 0 Å². The molecule has 0 fully saturated rings. The number of hydrogen-bond donors (Lipinski definition) is 1. The third-order valence-corrected chi connectivity index (χ3v) is 4.33. The summed E-state index contributed by atoms with van der Waals surface area (Å²) in [7, 11) is 0. The summed E-state index contributed by atoms with van der Waals surface area (Å²) in [5.74, 6) is -0.0966. The zero-order valence-electron chi connectivity index (χ0n) is 14.3. The van der Waals surface area contributed by atoms with Crippen LogP contribution in [0.5, 0.6) is 0 Å². The number of carbonyl (C=O) groups is 2. The minimum absolute atomic E-state index is 0.0359. The Hall–Kier alpha value is -2.62.